The van der Waals surface area contributed by atoms with E-state index in [1.165, 1.54) is 0 Å². The molecule has 236 valence electrons. The Kier molecular flexibility index (Phi) is 20.4. The smallest absolute Gasteiger partial charge is 0.140 e. The van der Waals surface area contributed by atoms with Crippen LogP contribution in [-0.2, 0) is 14.9 Å². The minimum Gasteiger partial charge on any atom is -0.748 e. The second kappa shape index (κ2) is 19.6. The number of aliphatic carboxylic acids is 1. The normalized spacial score (nSPS) is 13.2. The van der Waals surface area contributed by atoms with Gasteiger partial charge in [-0.15, -0.1) is 0 Å². The van der Waals surface area contributed by atoms with E-state index >= 15 is 0 Å². The van der Waals surface area contributed by atoms with Gasteiger partial charge in [0.2, 0.25) is 0 Å². The second-order valence-electron chi connectivity index (χ2n) is 12.0. The number of carboxylic acid groups (broad SMARTS) is 1. The van der Waals surface area contributed by atoms with E-state index in [1.807, 2.05) is 28.2 Å². The molecule has 13 nitrogen and oxygen atoms in total. The van der Waals surface area contributed by atoms with E-state index in [-0.39, 0.29) is 49.6 Å². The molecule has 6 N–H and O–H groups in total. The lowest BCUT2D eigenvalue weighted by Gasteiger charge is -2.32. The molecule has 0 bridgehead atoms. The molecular weight excluding hydrogens is 568 g/mol. The Labute approximate surface area is 236 Å². The summed E-state index contributed by atoms with van der Waals surface area (Å²) in [6, 6.07) is 1.30. The van der Waals surface area contributed by atoms with Crippen LogP contribution < -0.4 is 5.11 Å². The van der Waals surface area contributed by atoms with Crippen LogP contribution in [0, 0.1) is 0 Å². The van der Waals surface area contributed by atoms with Crippen LogP contribution >= 0.6 is 0 Å². The summed E-state index contributed by atoms with van der Waals surface area (Å²) in [5.41, 5.74) is 0. The van der Waals surface area contributed by atoms with Crippen molar-refractivity contribution in [2.45, 2.75) is 44.2 Å². The Bertz CT molecular complexity index is 747. The van der Waals surface area contributed by atoms with Crippen molar-refractivity contribution >= 4 is 32.2 Å². The lowest BCUT2D eigenvalue weighted by Crippen LogP contribution is -2.49. The zero-order chi connectivity index (χ0) is 30.8. The summed E-state index contributed by atoms with van der Waals surface area (Å²) in [6.07, 6.45) is 1.82. The van der Waals surface area contributed by atoms with E-state index in [2.05, 4.69) is 0 Å². The van der Waals surface area contributed by atoms with E-state index in [0.717, 1.165) is 32.5 Å². The molecule has 0 amide bonds. The van der Waals surface area contributed by atoms with Crippen LogP contribution in [0.25, 0.3) is 0 Å². The Balaban J connectivity index is 0. The summed E-state index contributed by atoms with van der Waals surface area (Å²) >= 11 is 0. The summed E-state index contributed by atoms with van der Waals surface area (Å²) < 4.78 is 32.9. The highest BCUT2D eigenvalue weighted by Gasteiger charge is 2.32. The number of carbonyl (C=O) groups is 1. The first-order valence-corrected chi connectivity index (χ1v) is 20.6. The van der Waals surface area contributed by atoms with Gasteiger partial charge in [0.05, 0.1) is 64.5 Å². The molecule has 0 heterocycles. The van der Waals surface area contributed by atoms with Gasteiger partial charge in [0.15, 0.2) is 0 Å². The molecule has 0 unspecified atom stereocenters. The first-order valence-electron chi connectivity index (χ1n) is 13.3. The van der Waals surface area contributed by atoms with Gasteiger partial charge in [-0.05, 0) is 31.4 Å². The molecule has 0 aliphatic heterocycles. The zero-order valence-electron chi connectivity index (χ0n) is 24.3. The molecule has 0 aromatic carbocycles. The lowest BCUT2D eigenvalue weighted by molar-refractivity contribution is -0.890. The fraction of sp³-hybridized carbons (Fsp3) is 0.957. The highest BCUT2D eigenvalue weighted by Crippen LogP contribution is 2.15. The molecule has 0 radical (unpaired) electrons. The second-order valence-corrected chi connectivity index (χ2v) is 22.4. The molecule has 0 saturated carbocycles. The standard InChI is InChI=1S/C12H27NO5Si.C11H27NO6SSi/c1-13(2,6-3-5-12(17)18)7-4-8-19(9-14,10-15)11-16;1-12(2,5-3-7-19(16,17)18)6-4-8-20(9-13,10-14)11-15/h14-16H,3-11H2,1-2H3;13-15H,3-11H2,1-2H3. The van der Waals surface area contributed by atoms with Crippen LogP contribution in [0.1, 0.15) is 32.1 Å². The van der Waals surface area contributed by atoms with E-state index in [0.29, 0.717) is 40.4 Å². The summed E-state index contributed by atoms with van der Waals surface area (Å²) in [4.78, 5) is 10.4. The van der Waals surface area contributed by atoms with Gasteiger partial charge in [0.1, 0.15) is 16.1 Å². The van der Waals surface area contributed by atoms with E-state index in [9.17, 15) is 53.5 Å². The number of aliphatic hydroxyl groups is 6. The summed E-state index contributed by atoms with van der Waals surface area (Å²) in [6.45, 7) is 2.91. The first-order chi connectivity index (χ1) is 17.9. The summed E-state index contributed by atoms with van der Waals surface area (Å²) in [5.74, 6) is -1.37. The van der Waals surface area contributed by atoms with Crippen LogP contribution in [0.4, 0.5) is 0 Å². The molecule has 0 aliphatic rings. The molecule has 0 aromatic rings. The third-order valence-electron chi connectivity index (χ3n) is 7.26. The monoisotopic (exact) mass is 622 g/mol. The van der Waals surface area contributed by atoms with Gasteiger partial charge < -0.3 is 54.1 Å². The predicted molar refractivity (Wildman–Crippen MR) is 150 cm³/mol. The highest BCUT2D eigenvalue weighted by atomic mass is 32.2. The van der Waals surface area contributed by atoms with Crippen molar-refractivity contribution in [3.63, 3.8) is 0 Å². The number of hydrogen-bond donors (Lipinski definition) is 6. The van der Waals surface area contributed by atoms with Gasteiger partial charge in [0, 0.05) is 61.9 Å². The third-order valence-corrected chi connectivity index (χ3v) is 14.9. The highest BCUT2D eigenvalue weighted by molar-refractivity contribution is 7.85. The molecule has 0 aliphatic carbocycles. The van der Waals surface area contributed by atoms with Crippen molar-refractivity contribution in [3.05, 3.63) is 0 Å². The number of carbonyl (C=O) groups excluding carboxylic acids is 1. The zero-order valence-corrected chi connectivity index (χ0v) is 27.1. The molecule has 39 heavy (non-hydrogen) atoms. The van der Waals surface area contributed by atoms with Crippen LogP contribution in [-0.4, -0.2) is 172 Å². The number of carboxylic acids is 1. The van der Waals surface area contributed by atoms with E-state index < -0.39 is 32.2 Å². The molecule has 0 saturated heterocycles. The molecule has 0 aromatic heterocycles. The SMILES string of the molecule is C[N+](C)(CCCC(=O)[O-])CCC[Si](CO)(CO)CO.C[N+](C)(CCC[Si](CO)(CO)CO)CCCS(=O)(=O)[O-]. The Morgan fingerprint density at radius 2 is 0.949 bits per heavy atom. The van der Waals surface area contributed by atoms with Crippen molar-refractivity contribution in [1.82, 2.24) is 0 Å². The van der Waals surface area contributed by atoms with E-state index in [4.69, 9.17) is 0 Å². The fourth-order valence-electron chi connectivity index (χ4n) is 4.08. The molecule has 0 atom stereocenters. The Hall–Kier alpha value is -0.506. The van der Waals surface area contributed by atoms with Gasteiger partial charge in [-0.1, -0.05) is 0 Å². The summed E-state index contributed by atoms with van der Waals surface area (Å²) in [7, 11) is -0.906. The largest absolute Gasteiger partial charge is 0.748 e. The average Bonchev–Trinajstić information content (AvgIpc) is 2.84. The van der Waals surface area contributed by atoms with Gasteiger partial charge in [-0.2, -0.15) is 0 Å². The average molecular weight is 623 g/mol. The van der Waals surface area contributed by atoms with Gasteiger partial charge in [-0.3, -0.25) is 0 Å². The number of hydrogen-bond acceptors (Lipinski definition) is 11. The quantitative estimate of drug-likeness (QED) is 0.0394. The molecular formula is C23H54N2O11SSi2. The van der Waals surface area contributed by atoms with Gasteiger partial charge in [0.25, 0.3) is 0 Å². The first kappa shape index (κ1) is 40.6. The van der Waals surface area contributed by atoms with Crippen molar-refractivity contribution in [1.29, 1.82) is 0 Å². The Morgan fingerprint density at radius 1 is 0.641 bits per heavy atom. The fourth-order valence-corrected chi connectivity index (χ4v) is 7.93. The molecule has 16 heteroatoms. The number of rotatable bonds is 22. The van der Waals surface area contributed by atoms with Crippen LogP contribution in [0.3, 0.4) is 0 Å². The number of aliphatic hydroxyl groups excluding tert-OH is 6. The van der Waals surface area contributed by atoms with E-state index in [1.54, 1.807) is 0 Å². The van der Waals surface area contributed by atoms with Crippen molar-refractivity contribution in [3.8, 4) is 0 Å². The van der Waals surface area contributed by atoms with Gasteiger partial charge >= 0.3 is 0 Å². The molecule has 0 spiro atoms. The summed E-state index contributed by atoms with van der Waals surface area (Å²) in [5, 5.41) is 66.0. The van der Waals surface area contributed by atoms with Crippen LogP contribution in [0.15, 0.2) is 0 Å². The van der Waals surface area contributed by atoms with Crippen molar-refractivity contribution < 1.29 is 62.5 Å². The third kappa shape index (κ3) is 20.1. The van der Waals surface area contributed by atoms with Crippen LogP contribution in [0.5, 0.6) is 0 Å². The topological polar surface area (TPSA) is 219 Å². The number of quaternary nitrogens is 2. The molecule has 0 rings (SSSR count). The van der Waals surface area contributed by atoms with Crippen molar-refractivity contribution in [2.75, 3.05) is 97.5 Å². The Morgan fingerprint density at radius 3 is 1.23 bits per heavy atom. The minimum absolute atomic E-state index is 0.0737. The maximum absolute atomic E-state index is 10.5. The minimum atomic E-state index is -4.15. The van der Waals surface area contributed by atoms with Crippen molar-refractivity contribution in [2.24, 2.45) is 0 Å². The maximum Gasteiger partial charge on any atom is 0.140 e. The lowest BCUT2D eigenvalue weighted by atomic mass is 10.2. The number of nitrogens with zero attached hydrogens (tertiary/aromatic N) is 2. The maximum atomic E-state index is 10.5. The molecule has 0 fully saturated rings. The van der Waals surface area contributed by atoms with Gasteiger partial charge in [-0.25, -0.2) is 8.42 Å². The van der Waals surface area contributed by atoms with Crippen LogP contribution in [0.2, 0.25) is 12.1 Å². The predicted octanol–water partition coefficient (Wildman–Crippen LogP) is -3.54.